The van der Waals surface area contributed by atoms with E-state index in [1.807, 2.05) is 5.57 Å². The molecule has 28 heavy (non-hydrogen) atoms. The Balaban J connectivity index is 1.47. The molecule has 0 saturated heterocycles. The minimum absolute atomic E-state index is 0.542. The first-order valence-electron chi connectivity index (χ1n) is 12.4. The minimum atomic E-state index is 0.542. The molecule has 0 unspecified atom stereocenters. The van der Waals surface area contributed by atoms with Gasteiger partial charge in [0, 0.05) is 0 Å². The highest BCUT2D eigenvalue weighted by molar-refractivity contribution is 5.24. The van der Waals surface area contributed by atoms with Gasteiger partial charge in [-0.3, -0.25) is 0 Å². The molecule has 0 heterocycles. The molecule has 0 amide bonds. The summed E-state index contributed by atoms with van der Waals surface area (Å²) in [7, 11) is 0. The van der Waals surface area contributed by atoms with Gasteiger partial charge in [0.05, 0.1) is 6.26 Å². The highest BCUT2D eigenvalue weighted by Crippen LogP contribution is 2.67. The topological polar surface area (TPSA) is 20.2 Å². The van der Waals surface area contributed by atoms with Gasteiger partial charge in [-0.2, -0.15) is 0 Å². The molecule has 0 bridgehead atoms. The lowest BCUT2D eigenvalue weighted by atomic mass is 9.47. The predicted molar refractivity (Wildman–Crippen MR) is 119 cm³/mol. The number of hydrogen-bond donors (Lipinski definition) is 1. The Bertz CT molecular complexity index is 630. The van der Waals surface area contributed by atoms with Crippen LogP contribution in [-0.2, 0) is 0 Å². The Hall–Kier alpha value is -0.720. The maximum atomic E-state index is 9.15. The van der Waals surface area contributed by atoms with Gasteiger partial charge in [-0.15, -0.1) is 0 Å². The molecule has 1 nitrogen and oxygen atoms in total. The Morgan fingerprint density at radius 1 is 1.18 bits per heavy atom. The maximum absolute atomic E-state index is 9.15. The summed E-state index contributed by atoms with van der Waals surface area (Å²) in [5.41, 5.74) is 4.10. The van der Waals surface area contributed by atoms with Crippen molar-refractivity contribution in [3.8, 4) is 0 Å². The molecule has 0 aromatic heterocycles. The van der Waals surface area contributed by atoms with E-state index in [4.69, 9.17) is 5.11 Å². The molecule has 0 aromatic rings. The van der Waals surface area contributed by atoms with Crippen LogP contribution in [0.5, 0.6) is 0 Å². The van der Waals surface area contributed by atoms with E-state index in [1.54, 1.807) is 0 Å². The van der Waals surface area contributed by atoms with Gasteiger partial charge in [0.2, 0.25) is 0 Å². The average Bonchev–Trinajstić information content (AvgIpc) is 3.04. The first-order chi connectivity index (χ1) is 13.4. The van der Waals surface area contributed by atoms with Gasteiger partial charge in [0.1, 0.15) is 0 Å². The number of hydrogen-bond acceptors (Lipinski definition) is 1. The lowest BCUT2D eigenvalue weighted by molar-refractivity contribution is -0.0499. The highest BCUT2D eigenvalue weighted by atomic mass is 16.2. The third kappa shape index (κ3) is 3.29. The molecule has 0 aliphatic heterocycles. The lowest BCUT2D eigenvalue weighted by Crippen LogP contribution is -2.50. The summed E-state index contributed by atoms with van der Waals surface area (Å²) in [5.74, 6) is 4.65. The largest absolute Gasteiger partial charge is 0.516 e. The second-order valence-corrected chi connectivity index (χ2v) is 11.5. The third-order valence-electron chi connectivity index (χ3n) is 10.2. The van der Waals surface area contributed by atoms with Crippen LogP contribution >= 0.6 is 0 Å². The SMILES string of the molecule is CC(=CO)CCC[C@@H](C)[C@H]1CC[C@H]2[C@@H]3CC=C4CCCC[C@]4(C)[C@H]3CC[C@]12C. The molecular weight excluding hydrogens is 340 g/mol. The molecule has 4 aliphatic carbocycles. The van der Waals surface area contributed by atoms with Crippen molar-refractivity contribution < 1.29 is 5.11 Å². The van der Waals surface area contributed by atoms with Crippen molar-refractivity contribution in [1.29, 1.82) is 0 Å². The predicted octanol–water partition coefficient (Wildman–Crippen LogP) is 8.22. The van der Waals surface area contributed by atoms with Crippen molar-refractivity contribution in [2.45, 2.75) is 105 Å². The fraction of sp³-hybridized carbons (Fsp3) is 0.852. The zero-order chi connectivity index (χ0) is 19.9. The molecule has 4 rings (SSSR count). The van der Waals surface area contributed by atoms with Crippen LogP contribution < -0.4 is 0 Å². The quantitative estimate of drug-likeness (QED) is 0.374. The van der Waals surface area contributed by atoms with Crippen molar-refractivity contribution >= 4 is 0 Å². The van der Waals surface area contributed by atoms with E-state index in [0.29, 0.717) is 10.8 Å². The molecule has 158 valence electrons. The zero-order valence-electron chi connectivity index (χ0n) is 19.0. The van der Waals surface area contributed by atoms with Gasteiger partial charge >= 0.3 is 0 Å². The summed E-state index contributed by atoms with van der Waals surface area (Å²) in [6, 6.07) is 0. The third-order valence-corrected chi connectivity index (χ3v) is 10.2. The standard InChI is InChI=1S/C27H44O/c1-19(18-28)8-7-9-20(2)23-13-14-24-22-12-11-21-10-5-6-16-26(21,3)25(22)15-17-27(23,24)4/h11,18,20,22-25,28H,5-10,12-17H2,1-4H3/t20-,22+,23-,24+,25+,26+,27-/m1/s1. The maximum Gasteiger partial charge on any atom is 0.0780 e. The molecule has 4 aliphatic rings. The van der Waals surface area contributed by atoms with Crippen molar-refractivity contribution in [3.05, 3.63) is 23.5 Å². The van der Waals surface area contributed by atoms with Gasteiger partial charge in [-0.05, 0) is 117 Å². The van der Waals surface area contributed by atoms with Gasteiger partial charge < -0.3 is 5.11 Å². The number of aliphatic hydroxyl groups is 1. The second kappa shape index (κ2) is 7.84. The van der Waals surface area contributed by atoms with Gasteiger partial charge in [0.15, 0.2) is 0 Å². The van der Waals surface area contributed by atoms with Crippen LogP contribution in [0.15, 0.2) is 23.5 Å². The van der Waals surface area contributed by atoms with Crippen molar-refractivity contribution in [2.75, 3.05) is 0 Å². The number of rotatable bonds is 5. The summed E-state index contributed by atoms with van der Waals surface area (Å²) in [6.07, 6.45) is 20.7. The van der Waals surface area contributed by atoms with Crippen LogP contribution in [0.3, 0.4) is 0 Å². The number of allylic oxidation sites excluding steroid dienone is 3. The highest BCUT2D eigenvalue weighted by Gasteiger charge is 2.58. The normalized spacial score (nSPS) is 44.3. The van der Waals surface area contributed by atoms with E-state index >= 15 is 0 Å². The summed E-state index contributed by atoms with van der Waals surface area (Å²) in [6.45, 7) is 9.91. The molecule has 0 aromatic carbocycles. The molecular formula is C27H44O. The molecule has 0 spiro atoms. The lowest BCUT2D eigenvalue weighted by Gasteiger charge is -2.58. The fourth-order valence-electron chi connectivity index (χ4n) is 8.64. The first kappa shape index (κ1) is 20.5. The monoisotopic (exact) mass is 384 g/mol. The molecule has 7 atom stereocenters. The Kier molecular flexibility index (Phi) is 5.75. The van der Waals surface area contributed by atoms with E-state index in [1.165, 1.54) is 76.9 Å². The second-order valence-electron chi connectivity index (χ2n) is 11.5. The molecule has 1 heteroatoms. The van der Waals surface area contributed by atoms with E-state index in [2.05, 4.69) is 33.8 Å². The van der Waals surface area contributed by atoms with Crippen molar-refractivity contribution in [2.24, 2.45) is 40.4 Å². The van der Waals surface area contributed by atoms with Crippen molar-refractivity contribution in [1.82, 2.24) is 0 Å². The van der Waals surface area contributed by atoms with Gasteiger partial charge in [-0.1, -0.05) is 45.3 Å². The van der Waals surface area contributed by atoms with Crippen LogP contribution in [0.2, 0.25) is 0 Å². The van der Waals surface area contributed by atoms with Gasteiger partial charge in [-0.25, -0.2) is 0 Å². The van der Waals surface area contributed by atoms with Crippen LogP contribution in [0, 0.1) is 40.4 Å². The van der Waals surface area contributed by atoms with Crippen molar-refractivity contribution in [3.63, 3.8) is 0 Å². The number of fused-ring (bicyclic) bond motifs is 5. The smallest absolute Gasteiger partial charge is 0.0780 e. The van der Waals surface area contributed by atoms with Crippen LogP contribution in [-0.4, -0.2) is 5.11 Å². The molecule has 0 radical (unpaired) electrons. The minimum Gasteiger partial charge on any atom is -0.516 e. The first-order valence-corrected chi connectivity index (χ1v) is 12.4. The van der Waals surface area contributed by atoms with E-state index in [9.17, 15) is 0 Å². The molecule has 3 fully saturated rings. The van der Waals surface area contributed by atoms with Gasteiger partial charge in [0.25, 0.3) is 0 Å². The Labute approximate surface area is 174 Å². The summed E-state index contributed by atoms with van der Waals surface area (Å²) in [5, 5.41) is 9.15. The van der Waals surface area contributed by atoms with E-state index in [-0.39, 0.29) is 0 Å². The molecule has 1 N–H and O–H groups in total. The summed E-state index contributed by atoms with van der Waals surface area (Å²) < 4.78 is 0. The molecule has 3 saturated carbocycles. The zero-order valence-corrected chi connectivity index (χ0v) is 19.0. The fourth-order valence-corrected chi connectivity index (χ4v) is 8.64. The summed E-state index contributed by atoms with van der Waals surface area (Å²) >= 11 is 0. The van der Waals surface area contributed by atoms with Crippen LogP contribution in [0.4, 0.5) is 0 Å². The van der Waals surface area contributed by atoms with Crippen LogP contribution in [0.1, 0.15) is 105 Å². The van der Waals surface area contributed by atoms with Crippen LogP contribution in [0.25, 0.3) is 0 Å². The number of aliphatic hydroxyl groups excluding tert-OH is 1. The van der Waals surface area contributed by atoms with E-state index in [0.717, 1.165) is 41.6 Å². The summed E-state index contributed by atoms with van der Waals surface area (Å²) in [4.78, 5) is 0. The average molecular weight is 385 g/mol. The Morgan fingerprint density at radius 3 is 2.79 bits per heavy atom. The Morgan fingerprint density at radius 2 is 2.00 bits per heavy atom. The van der Waals surface area contributed by atoms with E-state index < -0.39 is 0 Å².